The molecule has 0 aromatic carbocycles. The summed E-state index contributed by atoms with van der Waals surface area (Å²) in [6, 6.07) is 0. The van der Waals surface area contributed by atoms with Crippen LogP contribution < -0.4 is 0 Å². The average molecular weight is 1240 g/mol. The van der Waals surface area contributed by atoms with Gasteiger partial charge in [0.05, 0.1) is 421 Å². The fraction of sp³-hybridized carbons (Fsp3) is 0. The summed E-state index contributed by atoms with van der Waals surface area (Å²) in [6.45, 7) is 0. The first-order valence-corrected chi connectivity index (χ1v) is 48.2. The molecule has 0 aliphatic carbocycles. The van der Waals surface area contributed by atoms with Gasteiger partial charge in [0.1, 0.15) is 0 Å². The van der Waals surface area contributed by atoms with Crippen LogP contribution in [0.5, 0.6) is 0 Å². The molecule has 0 heterocycles. The number of rotatable bonds is 50. The standard InChI is InChI=1S/B102H105P/c1-53-79(52)92(78(50)51)99(93(80(54(2)3)55(4)5)81(56(6)7)57(8)9)102(98(90(74(42)43)75(44)45)91(76(46)47)77(48)49)103(100(94(82(58(10)11)59(12)13)83(60(14)15)61(16)17)95(84(62(18)19)63(20)21)85(64(22)23)65(24)25)101(96(86(66(26)27)67(28)29)87(68(30)31)69(32)33)97(88(70(34)35)71(36)37)89(72(38)39)73(40)41/h53H,1-52H2. The van der Waals surface area contributed by atoms with Crippen molar-refractivity contribution in [2.24, 2.45) is 0 Å². The molecule has 0 aliphatic heterocycles. The maximum atomic E-state index is 2.88. The monoisotopic (exact) mass is 1260 g/mol. The van der Waals surface area contributed by atoms with E-state index in [9.17, 15) is 0 Å². The average Bonchev–Trinajstić information content (AvgIpc) is 0.707. The van der Waals surface area contributed by atoms with Crippen LogP contribution in [0, 0.1) is 0 Å². The lowest BCUT2D eigenvalue weighted by atomic mass is 8.32. The normalized spacial score (nSPS) is 9.91. The minimum atomic E-state index is -1.05. The molecule has 0 N–H and O–H groups in total. The SMILES string of the molecule is BBB(B)B(B(B)B)B(B(B(B(B)B)B(B)B)B(B(B)B)B(B)B)B(B(B(B(B)B)B(B)B)B(B(B)B)B(B)B)P(B(B(B(B(B)B)B(B)B)B(B(B)B)B(B)B)B(B(B(B)B)B(B)B)B(B(B)B)B(B)B)B(B(B(B(B)B)B(B)B)B(B(B)B)B(B)B)B(B(B(B)B)B(B)B)B(B(B)B)B(B)B. The van der Waals surface area contributed by atoms with Crippen LogP contribution in [0.1, 0.15) is 0 Å². The summed E-state index contributed by atoms with van der Waals surface area (Å²) in [5, 5.41) is 0. The molecule has 0 rings (SSSR count). The van der Waals surface area contributed by atoms with Gasteiger partial charge in [0.2, 0.25) is 0 Å². The van der Waals surface area contributed by atoms with Gasteiger partial charge in [0, 0.05) is 301 Å². The molecule has 0 fully saturated rings. The molecule has 0 aliphatic rings. The third-order valence-electron chi connectivity index (χ3n) is 30.2. The lowest BCUT2D eigenvalue weighted by molar-refractivity contribution is 3.19. The Balaban J connectivity index is 15.0. The van der Waals surface area contributed by atoms with Crippen molar-refractivity contribution >= 4 is 729 Å². The van der Waals surface area contributed by atoms with E-state index in [1.807, 2.05) is 0 Å². The molecule has 0 amide bonds. The molecule has 103 heteroatoms. The second-order valence-electron chi connectivity index (χ2n) is 46.0. The van der Waals surface area contributed by atoms with Crippen LogP contribution >= 0.6 is 7.56 Å². The smallest absolute Gasteiger partial charge is 0.0594 e. The molecule has 0 aromatic rings. The maximum absolute atomic E-state index is 2.88. The van der Waals surface area contributed by atoms with Crippen LogP contribution in [0.3, 0.4) is 0 Å². The largest absolute Gasteiger partial charge is 0.253 e. The van der Waals surface area contributed by atoms with Crippen molar-refractivity contribution in [3.05, 3.63) is 0 Å². The van der Waals surface area contributed by atoms with Crippen LogP contribution in [0.25, 0.3) is 0 Å². The van der Waals surface area contributed by atoms with Crippen LogP contribution in [0.15, 0.2) is 0 Å². The Hall–Kier alpha value is 7.05. The molecule has 0 radical (unpaired) electrons. The van der Waals surface area contributed by atoms with Crippen LogP contribution in [-0.4, -0.2) is 722 Å². The maximum Gasteiger partial charge on any atom is 0.0594 e. The molecular formula is H105B102P. The second kappa shape index (κ2) is 51.0. The van der Waals surface area contributed by atoms with Crippen LogP contribution in [0.4, 0.5) is 0 Å². The molecule has 0 aromatic heterocycles. The van der Waals surface area contributed by atoms with Gasteiger partial charge in [-0.15, -0.1) is 0 Å². The van der Waals surface area contributed by atoms with E-state index >= 15 is 0 Å². The summed E-state index contributed by atoms with van der Waals surface area (Å²) >= 11 is 0. The third-order valence-corrected chi connectivity index (χ3v) is 34.3. The van der Waals surface area contributed by atoms with E-state index in [1.54, 1.807) is 0 Å². The molecule has 0 bridgehead atoms. The van der Waals surface area contributed by atoms with Crippen molar-refractivity contribution in [3.63, 3.8) is 0 Å². The summed E-state index contributed by atoms with van der Waals surface area (Å²) in [7, 11) is 145. The Labute approximate surface area is 721 Å². The molecular weight excluding hydrogens is 1130 g/mol. The summed E-state index contributed by atoms with van der Waals surface area (Å²) in [6.07, 6.45) is 26.4. The van der Waals surface area contributed by atoms with Gasteiger partial charge >= 0.3 is 0 Å². The predicted molar refractivity (Wildman–Crippen MR) is 740 cm³/mol. The molecule has 103 heavy (non-hydrogen) atoms. The zero-order chi connectivity index (χ0) is 81.6. The van der Waals surface area contributed by atoms with Crippen LogP contribution in [-0.2, 0) is 0 Å². The third kappa shape index (κ3) is 29.7. The van der Waals surface area contributed by atoms with Gasteiger partial charge in [-0.1, -0.05) is 0 Å². The predicted octanol–water partition coefficient (Wildman–Crippen LogP) is -66.1. The first-order chi connectivity index (χ1) is 46.9. The number of hydrogen-bond donors (Lipinski definition) is 0. The zero-order valence-corrected chi connectivity index (χ0v) is 82.3. The van der Waals surface area contributed by atoms with E-state index in [1.165, 1.54) is 7.06 Å². The second-order valence-corrected chi connectivity index (χ2v) is 48.6. The van der Waals surface area contributed by atoms with E-state index < -0.39 is 7.56 Å². The van der Waals surface area contributed by atoms with Crippen molar-refractivity contribution in [2.45, 2.75) is 0 Å². The first-order valence-electron chi connectivity index (χ1n) is 46.7. The van der Waals surface area contributed by atoms with Crippen molar-refractivity contribution in [2.75, 3.05) is 0 Å². The highest BCUT2D eigenvalue weighted by atomic mass is 31.1. The Morgan fingerprint density at radius 1 is 0.117 bits per heavy atom. The molecule has 0 unspecified atom stereocenters. The lowest BCUT2D eigenvalue weighted by Gasteiger charge is -2.64. The Morgan fingerprint density at radius 3 is 0.291 bits per heavy atom. The highest BCUT2D eigenvalue weighted by Crippen LogP contribution is 2.54. The van der Waals surface area contributed by atoms with E-state index in [4.69, 9.17) is 0 Å². The van der Waals surface area contributed by atoms with Gasteiger partial charge < -0.3 is 0 Å². The zero-order valence-electron chi connectivity index (χ0n) is 81.4. The van der Waals surface area contributed by atoms with Gasteiger partial charge in [-0.2, -0.15) is 0 Å². The van der Waals surface area contributed by atoms with E-state index in [2.05, 4.69) is 402 Å². The number of hydrogen-bond acceptors (Lipinski definition) is 0. The molecule has 0 saturated carbocycles. The summed E-state index contributed by atoms with van der Waals surface area (Å²) < 4.78 is 0. The molecule has 416 valence electrons. The lowest BCUT2D eigenvalue weighted by Crippen LogP contribution is -2.94. The molecule has 0 atom stereocenters. The Morgan fingerprint density at radius 2 is 0.204 bits per heavy atom. The highest BCUT2D eigenvalue weighted by Gasteiger charge is 2.69. The van der Waals surface area contributed by atoms with Gasteiger partial charge in [-0.3, -0.25) is 7.56 Å². The summed E-state index contributed by atoms with van der Waals surface area (Å²) in [5.41, 5.74) is 0. The van der Waals surface area contributed by atoms with Gasteiger partial charge in [0.25, 0.3) is 0 Å². The Kier molecular flexibility index (Phi) is 54.5. The Bertz CT molecular complexity index is 1750. The fourth-order valence-electron chi connectivity index (χ4n) is 29.3. The van der Waals surface area contributed by atoms with Crippen molar-refractivity contribution in [1.29, 1.82) is 0 Å². The first kappa shape index (κ1) is 110. The van der Waals surface area contributed by atoms with Gasteiger partial charge in [-0.05, 0) is 0 Å². The highest BCUT2D eigenvalue weighted by molar-refractivity contribution is 8.65. The fourth-order valence-corrected chi connectivity index (χ4v) is 35.2. The van der Waals surface area contributed by atoms with E-state index in [0.29, 0.717) is 312 Å². The molecule has 0 nitrogen and oxygen atoms in total. The van der Waals surface area contributed by atoms with E-state index in [0.717, 1.165) is 0 Å². The van der Waals surface area contributed by atoms with Crippen molar-refractivity contribution < 1.29 is 0 Å². The quantitative estimate of drug-likeness (QED) is 0.0421. The van der Waals surface area contributed by atoms with E-state index in [-0.39, 0.29) is 0 Å². The minimum Gasteiger partial charge on any atom is -0.253 e. The van der Waals surface area contributed by atoms with Gasteiger partial charge in [0.15, 0.2) is 0 Å². The summed E-state index contributed by atoms with van der Waals surface area (Å²) in [5.74, 6) is 0. The van der Waals surface area contributed by atoms with Crippen LogP contribution in [0.2, 0.25) is 0 Å². The van der Waals surface area contributed by atoms with Crippen molar-refractivity contribution in [1.82, 2.24) is 0 Å². The van der Waals surface area contributed by atoms with Gasteiger partial charge in [-0.25, -0.2) is 0 Å². The molecule has 0 saturated heterocycles. The topological polar surface area (TPSA) is 0 Å². The minimum absolute atomic E-state index is 0.496. The molecule has 0 spiro atoms. The van der Waals surface area contributed by atoms with Crippen molar-refractivity contribution in [3.8, 4) is 0 Å². The summed E-state index contributed by atoms with van der Waals surface area (Å²) in [4.78, 5) is 0.